The normalized spacial score (nSPS) is 10.4. The molecule has 2 heterocycles. The van der Waals surface area contributed by atoms with E-state index in [2.05, 4.69) is 36.1 Å². The summed E-state index contributed by atoms with van der Waals surface area (Å²) in [7, 11) is 0. The van der Waals surface area contributed by atoms with E-state index in [1.165, 1.54) is 4.88 Å². The molecule has 0 aliphatic heterocycles. The average molecular weight is 311 g/mol. The zero-order valence-corrected chi connectivity index (χ0v) is 10.8. The zero-order valence-electron chi connectivity index (χ0n) is 6.83. The van der Waals surface area contributed by atoms with Crippen LogP contribution in [-0.2, 0) is 6.54 Å². The molecule has 3 nitrogen and oxygen atoms in total. The van der Waals surface area contributed by atoms with Gasteiger partial charge in [0.1, 0.15) is 0 Å². The number of thiophene rings is 1. The van der Waals surface area contributed by atoms with Crippen LogP contribution in [0.25, 0.3) is 0 Å². The van der Waals surface area contributed by atoms with Crippen molar-refractivity contribution in [3.8, 4) is 0 Å². The van der Waals surface area contributed by atoms with E-state index in [0.717, 1.165) is 22.7 Å². The predicted octanol–water partition coefficient (Wildman–Crippen LogP) is 3.63. The second-order valence-electron chi connectivity index (χ2n) is 2.49. The van der Waals surface area contributed by atoms with Crippen LogP contribution in [0.15, 0.2) is 15.9 Å². The average Bonchev–Trinajstić information content (AvgIpc) is 2.72. The van der Waals surface area contributed by atoms with Crippen LogP contribution in [0.3, 0.4) is 0 Å². The highest BCUT2D eigenvalue weighted by Gasteiger charge is 2.04. The van der Waals surface area contributed by atoms with Gasteiger partial charge in [-0.15, -0.1) is 11.3 Å². The lowest BCUT2D eigenvalue weighted by Gasteiger charge is -1.98. The van der Waals surface area contributed by atoms with Crippen molar-refractivity contribution >= 4 is 56.4 Å². The van der Waals surface area contributed by atoms with E-state index in [4.69, 9.17) is 11.6 Å². The molecule has 0 fully saturated rings. The van der Waals surface area contributed by atoms with Crippen LogP contribution in [0.4, 0.5) is 5.82 Å². The minimum absolute atomic E-state index is 0.436. The summed E-state index contributed by atoms with van der Waals surface area (Å²) in [4.78, 5) is 1.22. The van der Waals surface area contributed by atoms with Gasteiger partial charge in [0.15, 0.2) is 11.0 Å². The smallest absolute Gasteiger partial charge is 0.186 e. The van der Waals surface area contributed by atoms with Crippen molar-refractivity contribution in [2.45, 2.75) is 6.54 Å². The van der Waals surface area contributed by atoms with Crippen LogP contribution in [0.5, 0.6) is 0 Å². The van der Waals surface area contributed by atoms with Crippen LogP contribution in [0, 0.1) is 0 Å². The summed E-state index contributed by atoms with van der Waals surface area (Å²) in [6.45, 7) is 0.724. The number of rotatable bonds is 3. The van der Waals surface area contributed by atoms with Gasteiger partial charge in [-0.2, -0.15) is 8.75 Å². The molecule has 0 bridgehead atoms. The van der Waals surface area contributed by atoms with E-state index >= 15 is 0 Å². The Bertz CT molecular complexity index is 428. The van der Waals surface area contributed by atoms with Crippen molar-refractivity contribution < 1.29 is 0 Å². The Morgan fingerprint density at radius 1 is 1.50 bits per heavy atom. The minimum atomic E-state index is 0.436. The predicted molar refractivity (Wildman–Crippen MR) is 64.3 cm³/mol. The Kier molecular flexibility index (Phi) is 3.38. The first-order valence-corrected chi connectivity index (χ1v) is 6.48. The monoisotopic (exact) mass is 309 g/mol. The van der Waals surface area contributed by atoms with Gasteiger partial charge in [0.05, 0.1) is 18.3 Å². The third-order valence-electron chi connectivity index (χ3n) is 1.50. The molecule has 7 heteroatoms. The summed E-state index contributed by atoms with van der Waals surface area (Å²) >= 11 is 12.0. The molecule has 14 heavy (non-hydrogen) atoms. The van der Waals surface area contributed by atoms with Gasteiger partial charge in [0.25, 0.3) is 0 Å². The Balaban J connectivity index is 1.98. The Labute approximate surface area is 103 Å². The molecular weight excluding hydrogens is 306 g/mol. The highest BCUT2D eigenvalue weighted by Crippen LogP contribution is 2.22. The van der Waals surface area contributed by atoms with Crippen molar-refractivity contribution in [3.63, 3.8) is 0 Å². The lowest BCUT2D eigenvalue weighted by molar-refractivity contribution is 1.17. The minimum Gasteiger partial charge on any atom is -0.362 e. The van der Waals surface area contributed by atoms with Gasteiger partial charge in [-0.05, 0) is 22.0 Å². The molecule has 0 saturated heterocycles. The fraction of sp³-hybridized carbons (Fsp3) is 0.143. The van der Waals surface area contributed by atoms with Gasteiger partial charge in [-0.1, -0.05) is 11.6 Å². The fourth-order valence-corrected chi connectivity index (χ4v) is 2.97. The third-order valence-corrected chi connectivity index (χ3v) is 4.09. The molecule has 1 N–H and O–H groups in total. The van der Waals surface area contributed by atoms with Gasteiger partial charge in [-0.3, -0.25) is 0 Å². The maximum atomic E-state index is 5.78. The van der Waals surface area contributed by atoms with Crippen LogP contribution in [0.2, 0.25) is 5.15 Å². The highest BCUT2D eigenvalue weighted by molar-refractivity contribution is 9.10. The molecular formula is C7H5BrClN3S2. The van der Waals surface area contributed by atoms with Gasteiger partial charge < -0.3 is 5.32 Å². The second-order valence-corrected chi connectivity index (χ2v) is 5.29. The quantitative estimate of drug-likeness (QED) is 0.941. The number of hydrogen-bond donors (Lipinski definition) is 1. The molecule has 2 aromatic rings. The molecule has 0 unspecified atom stereocenters. The molecule has 0 saturated carbocycles. The van der Waals surface area contributed by atoms with Gasteiger partial charge in [0.2, 0.25) is 0 Å². The van der Waals surface area contributed by atoms with Crippen molar-refractivity contribution in [1.29, 1.82) is 0 Å². The summed E-state index contributed by atoms with van der Waals surface area (Å²) in [6, 6.07) is 2.06. The summed E-state index contributed by atoms with van der Waals surface area (Å²) < 4.78 is 8.98. The third kappa shape index (κ3) is 2.44. The SMILES string of the molecule is Clc1nsnc1NCc1cc(Br)cs1. The standard InChI is InChI=1S/C7H5BrClN3S2/c8-4-1-5(13-3-4)2-10-7-6(9)11-14-12-7/h1,3H,2H2,(H,10,12). The highest BCUT2D eigenvalue weighted by atomic mass is 79.9. The molecule has 0 aromatic carbocycles. The van der Waals surface area contributed by atoms with E-state index in [0.29, 0.717) is 11.0 Å². The van der Waals surface area contributed by atoms with Gasteiger partial charge in [0, 0.05) is 14.7 Å². The number of anilines is 1. The fourth-order valence-electron chi connectivity index (χ4n) is 0.901. The maximum absolute atomic E-state index is 5.78. The molecule has 0 radical (unpaired) electrons. The van der Waals surface area contributed by atoms with Crippen molar-refractivity contribution in [2.24, 2.45) is 0 Å². The summed E-state index contributed by atoms with van der Waals surface area (Å²) in [5.74, 6) is 0.654. The summed E-state index contributed by atoms with van der Waals surface area (Å²) in [5, 5.41) is 5.59. The number of nitrogens with one attached hydrogen (secondary N) is 1. The molecule has 74 valence electrons. The van der Waals surface area contributed by atoms with Crippen LogP contribution in [-0.4, -0.2) is 8.75 Å². The molecule has 0 spiro atoms. The number of halogens is 2. The van der Waals surface area contributed by atoms with Gasteiger partial charge in [-0.25, -0.2) is 0 Å². The Hall–Kier alpha value is -0.170. The molecule has 0 aliphatic carbocycles. The van der Waals surface area contributed by atoms with E-state index in [-0.39, 0.29) is 0 Å². The summed E-state index contributed by atoms with van der Waals surface area (Å²) in [5.41, 5.74) is 0. The number of hydrogen-bond acceptors (Lipinski definition) is 5. The number of nitrogens with zero attached hydrogens (tertiary/aromatic N) is 2. The van der Waals surface area contributed by atoms with Crippen molar-refractivity contribution in [1.82, 2.24) is 8.75 Å². The molecule has 0 aliphatic rings. The zero-order chi connectivity index (χ0) is 9.97. The Morgan fingerprint density at radius 3 is 2.93 bits per heavy atom. The van der Waals surface area contributed by atoms with Crippen LogP contribution < -0.4 is 5.32 Å². The van der Waals surface area contributed by atoms with E-state index in [1.54, 1.807) is 11.3 Å². The van der Waals surface area contributed by atoms with Crippen molar-refractivity contribution in [3.05, 3.63) is 25.9 Å². The van der Waals surface area contributed by atoms with Crippen LogP contribution in [0.1, 0.15) is 4.88 Å². The lowest BCUT2D eigenvalue weighted by atomic mass is 10.4. The first kappa shape index (κ1) is 10.4. The van der Waals surface area contributed by atoms with Crippen molar-refractivity contribution in [2.75, 3.05) is 5.32 Å². The number of aromatic nitrogens is 2. The molecule has 2 aromatic heterocycles. The molecule has 0 amide bonds. The molecule has 0 atom stereocenters. The maximum Gasteiger partial charge on any atom is 0.186 e. The lowest BCUT2D eigenvalue weighted by Crippen LogP contribution is -1.97. The summed E-state index contributed by atoms with van der Waals surface area (Å²) in [6.07, 6.45) is 0. The topological polar surface area (TPSA) is 37.8 Å². The Morgan fingerprint density at radius 2 is 2.36 bits per heavy atom. The first-order chi connectivity index (χ1) is 6.75. The van der Waals surface area contributed by atoms with Gasteiger partial charge >= 0.3 is 0 Å². The van der Waals surface area contributed by atoms with Crippen LogP contribution >= 0.6 is 50.6 Å². The largest absolute Gasteiger partial charge is 0.362 e. The second kappa shape index (κ2) is 4.57. The first-order valence-electron chi connectivity index (χ1n) is 3.70. The van der Waals surface area contributed by atoms with E-state index in [9.17, 15) is 0 Å². The van der Waals surface area contributed by atoms with E-state index in [1.807, 2.05) is 5.38 Å². The molecule has 2 rings (SSSR count). The van der Waals surface area contributed by atoms with E-state index < -0.39 is 0 Å².